The second-order valence-electron chi connectivity index (χ2n) is 5.26. The summed E-state index contributed by atoms with van der Waals surface area (Å²) >= 11 is 3.39. The van der Waals surface area contributed by atoms with E-state index >= 15 is 0 Å². The number of ether oxygens (including phenoxy) is 1. The van der Waals surface area contributed by atoms with Gasteiger partial charge in [0, 0.05) is 21.6 Å². The van der Waals surface area contributed by atoms with Crippen LogP contribution in [0.5, 0.6) is 5.75 Å². The maximum atomic E-state index is 12.6. The van der Waals surface area contributed by atoms with Crippen LogP contribution in [0.1, 0.15) is 15.9 Å². The lowest BCUT2D eigenvalue weighted by Crippen LogP contribution is -2.14. The highest BCUT2D eigenvalue weighted by Crippen LogP contribution is 2.29. The monoisotopic (exact) mass is 387 g/mol. The van der Waals surface area contributed by atoms with E-state index < -0.39 is 5.63 Å². The number of benzene rings is 2. The van der Waals surface area contributed by atoms with Gasteiger partial charge in [0.1, 0.15) is 11.3 Å². The molecule has 0 saturated heterocycles. The number of aryl methyl sites for hydroxylation is 1. The molecule has 3 aromatic rings. The van der Waals surface area contributed by atoms with Crippen LogP contribution in [0, 0.1) is 6.92 Å². The summed E-state index contributed by atoms with van der Waals surface area (Å²) in [5.41, 5.74) is 1.95. The van der Waals surface area contributed by atoms with Crippen LogP contribution in [0.3, 0.4) is 0 Å². The normalized spacial score (nSPS) is 10.6. The van der Waals surface area contributed by atoms with E-state index in [1.165, 1.54) is 13.2 Å². The molecule has 1 aromatic heterocycles. The molecular weight excluding hydrogens is 374 g/mol. The number of carbonyl (C=O) groups excluding carboxylic acids is 1. The standard InChI is InChI=1S/C18H14BrNO4/c1-10-7-12(19)9-14(17(10)23-2)18(22)20-13-4-5-15-11(8-13)3-6-16(21)24-15/h3-9H,1-2H3,(H,20,22). The minimum atomic E-state index is -0.409. The second-order valence-corrected chi connectivity index (χ2v) is 6.18. The number of carbonyl (C=O) groups is 1. The first-order chi connectivity index (χ1) is 11.5. The van der Waals surface area contributed by atoms with Gasteiger partial charge in [-0.2, -0.15) is 0 Å². The van der Waals surface area contributed by atoms with Gasteiger partial charge in [-0.05, 0) is 48.9 Å². The van der Waals surface area contributed by atoms with Crippen LogP contribution < -0.4 is 15.7 Å². The van der Waals surface area contributed by atoms with Gasteiger partial charge < -0.3 is 14.5 Å². The van der Waals surface area contributed by atoms with Crippen molar-refractivity contribution in [1.29, 1.82) is 0 Å². The minimum absolute atomic E-state index is 0.284. The number of hydrogen-bond acceptors (Lipinski definition) is 4. The summed E-state index contributed by atoms with van der Waals surface area (Å²) in [6.07, 6.45) is 0. The Morgan fingerprint density at radius 3 is 2.71 bits per heavy atom. The Bertz CT molecular complexity index is 994. The number of anilines is 1. The summed E-state index contributed by atoms with van der Waals surface area (Å²) in [6.45, 7) is 1.87. The zero-order chi connectivity index (χ0) is 17.3. The van der Waals surface area contributed by atoms with Crippen molar-refractivity contribution in [1.82, 2.24) is 0 Å². The molecule has 0 fully saturated rings. The average molecular weight is 388 g/mol. The Morgan fingerprint density at radius 2 is 1.96 bits per heavy atom. The molecule has 122 valence electrons. The summed E-state index contributed by atoms with van der Waals surface area (Å²) in [4.78, 5) is 23.8. The molecule has 3 rings (SSSR count). The highest BCUT2D eigenvalue weighted by molar-refractivity contribution is 9.10. The van der Waals surface area contributed by atoms with E-state index in [9.17, 15) is 9.59 Å². The smallest absolute Gasteiger partial charge is 0.336 e. The topological polar surface area (TPSA) is 68.5 Å². The molecule has 0 aliphatic heterocycles. The summed E-state index contributed by atoms with van der Waals surface area (Å²) in [6, 6.07) is 11.7. The SMILES string of the molecule is COc1c(C)cc(Br)cc1C(=O)Nc1ccc2oc(=O)ccc2c1. The first-order valence-electron chi connectivity index (χ1n) is 7.17. The van der Waals surface area contributed by atoms with E-state index in [4.69, 9.17) is 9.15 Å². The third-order valence-electron chi connectivity index (χ3n) is 3.57. The molecule has 0 radical (unpaired) electrons. The van der Waals surface area contributed by atoms with Crippen LogP contribution in [-0.4, -0.2) is 13.0 Å². The molecular formula is C18H14BrNO4. The molecule has 0 saturated carbocycles. The Morgan fingerprint density at radius 1 is 1.17 bits per heavy atom. The number of nitrogens with one attached hydrogen (secondary N) is 1. The van der Waals surface area contributed by atoms with E-state index in [2.05, 4.69) is 21.2 Å². The molecule has 0 bridgehead atoms. The Labute approximate surface area is 146 Å². The molecule has 5 nitrogen and oxygen atoms in total. The molecule has 0 atom stereocenters. The molecule has 0 aliphatic rings. The van der Waals surface area contributed by atoms with Crippen LogP contribution in [0.15, 0.2) is 56.1 Å². The Hall–Kier alpha value is -2.60. The molecule has 1 amide bonds. The predicted molar refractivity (Wildman–Crippen MR) is 95.9 cm³/mol. The van der Waals surface area contributed by atoms with Crippen molar-refractivity contribution >= 4 is 38.5 Å². The van der Waals surface area contributed by atoms with Crippen molar-refractivity contribution in [2.24, 2.45) is 0 Å². The number of rotatable bonds is 3. The van der Waals surface area contributed by atoms with Crippen molar-refractivity contribution in [3.8, 4) is 5.75 Å². The van der Waals surface area contributed by atoms with Crippen LogP contribution in [-0.2, 0) is 0 Å². The predicted octanol–water partition coefficient (Wildman–Crippen LogP) is 4.12. The highest BCUT2D eigenvalue weighted by Gasteiger charge is 2.16. The van der Waals surface area contributed by atoms with Gasteiger partial charge in [-0.25, -0.2) is 4.79 Å². The average Bonchev–Trinajstić information content (AvgIpc) is 2.54. The molecule has 1 N–H and O–H groups in total. The van der Waals surface area contributed by atoms with Gasteiger partial charge in [0.15, 0.2) is 0 Å². The van der Waals surface area contributed by atoms with E-state index in [1.807, 2.05) is 13.0 Å². The van der Waals surface area contributed by atoms with Crippen LogP contribution >= 0.6 is 15.9 Å². The lowest BCUT2D eigenvalue weighted by Gasteiger charge is -2.12. The third-order valence-corrected chi connectivity index (χ3v) is 4.02. The fourth-order valence-corrected chi connectivity index (χ4v) is 3.09. The largest absolute Gasteiger partial charge is 0.496 e. The van der Waals surface area contributed by atoms with Gasteiger partial charge in [0.2, 0.25) is 0 Å². The number of hydrogen-bond donors (Lipinski definition) is 1. The van der Waals surface area contributed by atoms with Gasteiger partial charge in [-0.15, -0.1) is 0 Å². The fourth-order valence-electron chi connectivity index (χ4n) is 2.52. The fraction of sp³-hybridized carbons (Fsp3) is 0.111. The molecule has 24 heavy (non-hydrogen) atoms. The minimum Gasteiger partial charge on any atom is -0.496 e. The van der Waals surface area contributed by atoms with E-state index in [0.717, 1.165) is 15.4 Å². The van der Waals surface area contributed by atoms with Gasteiger partial charge in [0.05, 0.1) is 12.7 Å². The van der Waals surface area contributed by atoms with Gasteiger partial charge in [0.25, 0.3) is 5.91 Å². The van der Waals surface area contributed by atoms with Gasteiger partial charge in [-0.3, -0.25) is 4.79 Å². The zero-order valence-electron chi connectivity index (χ0n) is 13.1. The molecule has 1 heterocycles. The number of methoxy groups -OCH3 is 1. The lowest BCUT2D eigenvalue weighted by atomic mass is 10.1. The molecule has 6 heteroatoms. The summed E-state index contributed by atoms with van der Waals surface area (Å²) in [5.74, 6) is 0.246. The maximum Gasteiger partial charge on any atom is 0.336 e. The van der Waals surface area contributed by atoms with Gasteiger partial charge in [-0.1, -0.05) is 15.9 Å². The molecule has 0 aliphatic carbocycles. The Balaban J connectivity index is 1.95. The third kappa shape index (κ3) is 3.19. The molecule has 0 spiro atoms. The number of halogens is 1. The summed E-state index contributed by atoms with van der Waals surface area (Å²) in [5, 5.41) is 3.56. The van der Waals surface area contributed by atoms with Crippen molar-refractivity contribution < 1.29 is 13.9 Å². The summed E-state index contributed by atoms with van der Waals surface area (Å²) < 4.78 is 11.2. The van der Waals surface area contributed by atoms with E-state index in [0.29, 0.717) is 22.6 Å². The first kappa shape index (κ1) is 16.3. The van der Waals surface area contributed by atoms with Crippen LogP contribution in [0.25, 0.3) is 11.0 Å². The maximum absolute atomic E-state index is 12.6. The van der Waals surface area contributed by atoms with Crippen molar-refractivity contribution in [2.75, 3.05) is 12.4 Å². The Kier molecular flexibility index (Phi) is 4.40. The molecule has 2 aromatic carbocycles. The van der Waals surface area contributed by atoms with E-state index in [-0.39, 0.29) is 5.91 Å². The van der Waals surface area contributed by atoms with E-state index in [1.54, 1.807) is 30.3 Å². The lowest BCUT2D eigenvalue weighted by molar-refractivity contribution is 0.102. The van der Waals surface area contributed by atoms with Gasteiger partial charge >= 0.3 is 5.63 Å². The molecule has 0 unspecified atom stereocenters. The van der Waals surface area contributed by atoms with Crippen LogP contribution in [0.4, 0.5) is 5.69 Å². The van der Waals surface area contributed by atoms with Crippen molar-refractivity contribution in [3.63, 3.8) is 0 Å². The second kappa shape index (κ2) is 6.49. The van der Waals surface area contributed by atoms with Crippen molar-refractivity contribution in [2.45, 2.75) is 6.92 Å². The first-order valence-corrected chi connectivity index (χ1v) is 7.96. The zero-order valence-corrected chi connectivity index (χ0v) is 14.6. The van der Waals surface area contributed by atoms with Crippen LogP contribution in [0.2, 0.25) is 0 Å². The number of fused-ring (bicyclic) bond motifs is 1. The summed E-state index contributed by atoms with van der Waals surface area (Å²) in [7, 11) is 1.53. The van der Waals surface area contributed by atoms with Crippen molar-refractivity contribution in [3.05, 3.63) is 68.5 Å². The highest BCUT2D eigenvalue weighted by atomic mass is 79.9. The number of amides is 1. The quantitative estimate of drug-likeness (QED) is 0.686.